The van der Waals surface area contributed by atoms with Gasteiger partial charge in [-0.25, -0.2) is 18.2 Å². The van der Waals surface area contributed by atoms with Crippen LogP contribution in [0.4, 0.5) is 5.82 Å². The van der Waals surface area contributed by atoms with E-state index in [2.05, 4.69) is 10.3 Å². The SMILES string of the molecule is CC(=O)Nc1cc(/C=C/c2ccc(OC(=O)c3ccc(S(=O)(=O)N4CCCC4)cc3)cc2)ccn1. The van der Waals surface area contributed by atoms with Crippen LogP contribution in [0.25, 0.3) is 12.2 Å². The molecule has 180 valence electrons. The highest BCUT2D eigenvalue weighted by molar-refractivity contribution is 7.89. The lowest BCUT2D eigenvalue weighted by Crippen LogP contribution is -2.27. The van der Waals surface area contributed by atoms with Crippen LogP contribution in [-0.2, 0) is 14.8 Å². The third-order valence-corrected chi connectivity index (χ3v) is 7.35. The molecule has 0 radical (unpaired) electrons. The summed E-state index contributed by atoms with van der Waals surface area (Å²) in [6.07, 6.45) is 7.11. The van der Waals surface area contributed by atoms with Crippen LogP contribution in [-0.4, -0.2) is 42.7 Å². The van der Waals surface area contributed by atoms with Gasteiger partial charge in [-0.2, -0.15) is 4.31 Å². The molecule has 0 saturated carbocycles. The predicted octanol–water partition coefficient (Wildman–Crippen LogP) is 4.21. The van der Waals surface area contributed by atoms with E-state index in [0.29, 0.717) is 24.7 Å². The number of carbonyl (C=O) groups excluding carboxylic acids is 2. The number of pyridine rings is 1. The Morgan fingerprint density at radius 1 is 0.943 bits per heavy atom. The molecule has 0 unspecified atom stereocenters. The maximum atomic E-state index is 12.6. The molecule has 0 spiro atoms. The molecule has 8 nitrogen and oxygen atoms in total. The molecule has 0 bridgehead atoms. The van der Waals surface area contributed by atoms with Crippen LogP contribution in [0, 0.1) is 0 Å². The maximum Gasteiger partial charge on any atom is 0.343 e. The zero-order chi connectivity index (χ0) is 24.8. The zero-order valence-corrected chi connectivity index (χ0v) is 20.0. The van der Waals surface area contributed by atoms with E-state index in [1.165, 1.54) is 35.5 Å². The van der Waals surface area contributed by atoms with Crippen molar-refractivity contribution < 1.29 is 22.7 Å². The predicted molar refractivity (Wildman–Crippen MR) is 133 cm³/mol. The van der Waals surface area contributed by atoms with Crippen LogP contribution in [0.2, 0.25) is 0 Å². The number of esters is 1. The highest BCUT2D eigenvalue weighted by Gasteiger charge is 2.27. The van der Waals surface area contributed by atoms with Crippen molar-refractivity contribution >= 4 is 39.9 Å². The lowest BCUT2D eigenvalue weighted by Gasteiger charge is -2.15. The number of rotatable bonds is 7. The normalized spacial score (nSPS) is 14.2. The maximum absolute atomic E-state index is 12.6. The first-order valence-corrected chi connectivity index (χ1v) is 12.6. The number of nitrogens with zero attached hydrogens (tertiary/aromatic N) is 2. The minimum atomic E-state index is -3.53. The number of nitrogens with one attached hydrogen (secondary N) is 1. The third kappa shape index (κ3) is 6.20. The van der Waals surface area contributed by atoms with Gasteiger partial charge in [-0.3, -0.25) is 4.79 Å². The highest BCUT2D eigenvalue weighted by Crippen LogP contribution is 2.22. The zero-order valence-electron chi connectivity index (χ0n) is 19.2. The summed E-state index contributed by atoms with van der Waals surface area (Å²) < 4.78 is 32.1. The average Bonchev–Trinajstić information content (AvgIpc) is 3.40. The van der Waals surface area contributed by atoms with Crippen molar-refractivity contribution in [1.29, 1.82) is 0 Å². The molecular weight excluding hydrogens is 466 g/mol. The van der Waals surface area contributed by atoms with E-state index in [4.69, 9.17) is 4.74 Å². The summed E-state index contributed by atoms with van der Waals surface area (Å²) >= 11 is 0. The van der Waals surface area contributed by atoms with Gasteiger partial charge in [-0.1, -0.05) is 24.3 Å². The van der Waals surface area contributed by atoms with Crippen molar-refractivity contribution in [3.63, 3.8) is 0 Å². The standard InChI is InChI=1S/C26H25N3O5S/c1-19(30)28-25-18-21(14-15-27-25)5-4-20-6-10-23(11-7-20)34-26(31)22-8-12-24(13-9-22)35(32,33)29-16-2-3-17-29/h4-15,18H,2-3,16-17H2,1H3,(H,27,28,30)/b5-4+. The van der Waals surface area contributed by atoms with Gasteiger partial charge in [0.15, 0.2) is 0 Å². The molecule has 1 aliphatic heterocycles. The van der Waals surface area contributed by atoms with Gasteiger partial charge in [0.2, 0.25) is 15.9 Å². The van der Waals surface area contributed by atoms with Gasteiger partial charge in [-0.05, 0) is 72.5 Å². The molecule has 1 N–H and O–H groups in total. The molecule has 9 heteroatoms. The summed E-state index contributed by atoms with van der Waals surface area (Å²) in [5.41, 5.74) is 2.02. The topological polar surface area (TPSA) is 106 Å². The molecule has 1 aromatic heterocycles. The van der Waals surface area contributed by atoms with Gasteiger partial charge < -0.3 is 10.1 Å². The molecule has 2 heterocycles. The first-order chi connectivity index (χ1) is 16.8. The molecule has 1 saturated heterocycles. The van der Waals surface area contributed by atoms with Crippen LogP contribution < -0.4 is 10.1 Å². The first-order valence-electron chi connectivity index (χ1n) is 11.2. The molecule has 1 amide bonds. The number of hydrogen-bond acceptors (Lipinski definition) is 6. The Kier molecular flexibility index (Phi) is 7.38. The Labute approximate surface area is 204 Å². The number of benzene rings is 2. The Hall–Kier alpha value is -3.82. The molecule has 3 aromatic rings. The fraction of sp³-hybridized carbons (Fsp3) is 0.192. The summed E-state index contributed by atoms with van der Waals surface area (Å²) in [4.78, 5) is 27.9. The second-order valence-corrected chi connectivity index (χ2v) is 10.0. The highest BCUT2D eigenvalue weighted by atomic mass is 32.2. The third-order valence-electron chi connectivity index (χ3n) is 5.44. The minimum Gasteiger partial charge on any atom is -0.423 e. The van der Waals surface area contributed by atoms with Gasteiger partial charge in [0.1, 0.15) is 11.6 Å². The van der Waals surface area contributed by atoms with Crippen molar-refractivity contribution in [3.05, 3.63) is 83.6 Å². The fourth-order valence-electron chi connectivity index (χ4n) is 3.65. The van der Waals surface area contributed by atoms with Crippen LogP contribution in [0.1, 0.15) is 41.3 Å². The Bertz CT molecular complexity index is 1340. The Morgan fingerprint density at radius 3 is 2.26 bits per heavy atom. The minimum absolute atomic E-state index is 0.172. The van der Waals surface area contributed by atoms with Crippen molar-refractivity contribution in [2.45, 2.75) is 24.7 Å². The summed E-state index contributed by atoms with van der Waals surface area (Å²) in [6, 6.07) is 16.4. The molecule has 0 aliphatic carbocycles. The van der Waals surface area contributed by atoms with Crippen LogP contribution >= 0.6 is 0 Å². The van der Waals surface area contributed by atoms with E-state index >= 15 is 0 Å². The number of hydrogen-bond donors (Lipinski definition) is 1. The van der Waals surface area contributed by atoms with Crippen molar-refractivity contribution in [3.8, 4) is 5.75 Å². The molecular formula is C26H25N3O5S. The molecule has 1 aliphatic rings. The average molecular weight is 492 g/mol. The lowest BCUT2D eigenvalue weighted by atomic mass is 10.1. The van der Waals surface area contributed by atoms with Crippen molar-refractivity contribution in [2.24, 2.45) is 0 Å². The van der Waals surface area contributed by atoms with Gasteiger partial charge >= 0.3 is 5.97 Å². The van der Waals surface area contributed by atoms with Crippen molar-refractivity contribution in [1.82, 2.24) is 9.29 Å². The van der Waals surface area contributed by atoms with E-state index in [1.807, 2.05) is 18.2 Å². The second-order valence-electron chi connectivity index (χ2n) is 8.08. The quantitative estimate of drug-likeness (QED) is 0.392. The molecule has 2 aromatic carbocycles. The second kappa shape index (κ2) is 10.6. The van der Waals surface area contributed by atoms with Gasteiger partial charge in [0.05, 0.1) is 10.5 Å². The lowest BCUT2D eigenvalue weighted by molar-refractivity contribution is -0.114. The first kappa shape index (κ1) is 24.3. The largest absolute Gasteiger partial charge is 0.423 e. The summed E-state index contributed by atoms with van der Waals surface area (Å²) in [7, 11) is -3.53. The number of carbonyl (C=O) groups is 2. The number of ether oxygens (including phenoxy) is 1. The Morgan fingerprint density at radius 2 is 1.60 bits per heavy atom. The van der Waals surface area contributed by atoms with E-state index in [-0.39, 0.29) is 16.4 Å². The van der Waals surface area contributed by atoms with Crippen LogP contribution in [0.15, 0.2) is 71.8 Å². The molecule has 35 heavy (non-hydrogen) atoms. The van der Waals surface area contributed by atoms with Crippen LogP contribution in [0.5, 0.6) is 5.75 Å². The molecule has 1 fully saturated rings. The molecule has 4 rings (SSSR count). The van der Waals surface area contributed by atoms with E-state index < -0.39 is 16.0 Å². The Balaban J connectivity index is 1.37. The van der Waals surface area contributed by atoms with E-state index in [1.54, 1.807) is 36.5 Å². The van der Waals surface area contributed by atoms with E-state index in [9.17, 15) is 18.0 Å². The molecule has 0 atom stereocenters. The van der Waals surface area contributed by atoms with E-state index in [0.717, 1.165) is 24.0 Å². The van der Waals surface area contributed by atoms with Gasteiger partial charge in [0.25, 0.3) is 0 Å². The van der Waals surface area contributed by atoms with Gasteiger partial charge in [-0.15, -0.1) is 0 Å². The fourth-order valence-corrected chi connectivity index (χ4v) is 5.16. The summed E-state index contributed by atoms with van der Waals surface area (Å²) in [5, 5.41) is 2.64. The van der Waals surface area contributed by atoms with Crippen molar-refractivity contribution in [2.75, 3.05) is 18.4 Å². The number of aromatic nitrogens is 1. The number of amides is 1. The summed E-state index contributed by atoms with van der Waals surface area (Å²) in [6.45, 7) is 2.48. The van der Waals surface area contributed by atoms with Gasteiger partial charge in [0, 0.05) is 26.2 Å². The number of sulfonamides is 1. The van der Waals surface area contributed by atoms with Crippen LogP contribution in [0.3, 0.4) is 0 Å². The smallest absolute Gasteiger partial charge is 0.343 e. The summed E-state index contributed by atoms with van der Waals surface area (Å²) in [5.74, 6) is 0.0916. The monoisotopic (exact) mass is 491 g/mol. The number of anilines is 1.